The Morgan fingerprint density at radius 2 is 1.75 bits per heavy atom. The molecular formula is C12H21NO2Si. The first kappa shape index (κ1) is 13.2. The van der Waals surface area contributed by atoms with Crippen molar-refractivity contribution in [2.75, 3.05) is 6.54 Å². The van der Waals surface area contributed by atoms with Gasteiger partial charge in [0.25, 0.3) is 11.8 Å². The molecule has 0 aromatic carbocycles. The van der Waals surface area contributed by atoms with Gasteiger partial charge in [-0.3, -0.25) is 14.5 Å². The van der Waals surface area contributed by atoms with Gasteiger partial charge in [0.2, 0.25) is 0 Å². The minimum Gasteiger partial charge on any atom is -0.275 e. The third kappa shape index (κ3) is 3.59. The number of carbonyl (C=O) groups is 2. The summed E-state index contributed by atoms with van der Waals surface area (Å²) < 4.78 is 0. The van der Waals surface area contributed by atoms with E-state index in [4.69, 9.17) is 0 Å². The second-order valence-corrected chi connectivity index (χ2v) is 6.78. The van der Waals surface area contributed by atoms with Gasteiger partial charge < -0.3 is 0 Å². The van der Waals surface area contributed by atoms with Gasteiger partial charge in [0.1, 0.15) is 0 Å². The fourth-order valence-electron chi connectivity index (χ4n) is 2.05. The van der Waals surface area contributed by atoms with Crippen molar-refractivity contribution in [3.8, 4) is 0 Å². The normalized spacial score (nSPS) is 16.3. The van der Waals surface area contributed by atoms with Crippen LogP contribution in [0.4, 0.5) is 0 Å². The smallest absolute Gasteiger partial charge is 0.253 e. The van der Waals surface area contributed by atoms with Crippen LogP contribution in [0.1, 0.15) is 33.1 Å². The van der Waals surface area contributed by atoms with Crippen LogP contribution in [0.2, 0.25) is 11.6 Å². The fourth-order valence-corrected chi connectivity index (χ4v) is 3.96. The first-order valence-electron chi connectivity index (χ1n) is 6.22. The maximum Gasteiger partial charge on any atom is 0.253 e. The summed E-state index contributed by atoms with van der Waals surface area (Å²) in [4.78, 5) is 23.9. The number of imide groups is 1. The molecule has 0 atom stereocenters. The number of hydrogen-bond acceptors (Lipinski definition) is 2. The average molecular weight is 239 g/mol. The summed E-state index contributed by atoms with van der Waals surface area (Å²) in [5.41, 5.74) is 0.933. The predicted molar refractivity (Wildman–Crippen MR) is 68.2 cm³/mol. The first-order valence-corrected chi connectivity index (χ1v) is 8.04. The van der Waals surface area contributed by atoms with Crippen LogP contribution in [-0.4, -0.2) is 32.8 Å². The van der Waals surface area contributed by atoms with E-state index in [-0.39, 0.29) is 21.3 Å². The zero-order valence-corrected chi connectivity index (χ0v) is 11.7. The molecule has 0 spiro atoms. The minimum atomic E-state index is -0.144. The third-order valence-corrected chi connectivity index (χ3v) is 6.18. The van der Waals surface area contributed by atoms with E-state index in [2.05, 4.69) is 13.8 Å². The van der Waals surface area contributed by atoms with Crippen molar-refractivity contribution < 1.29 is 9.59 Å². The lowest BCUT2D eigenvalue weighted by Crippen LogP contribution is -2.31. The van der Waals surface area contributed by atoms with E-state index in [9.17, 15) is 9.59 Å². The molecule has 0 fully saturated rings. The number of amides is 2. The van der Waals surface area contributed by atoms with Crippen molar-refractivity contribution in [2.45, 2.75) is 44.7 Å². The highest BCUT2D eigenvalue weighted by Crippen LogP contribution is 2.15. The summed E-state index contributed by atoms with van der Waals surface area (Å²) in [6.07, 6.45) is 6.28. The van der Waals surface area contributed by atoms with Crippen LogP contribution < -0.4 is 0 Å². The summed E-state index contributed by atoms with van der Waals surface area (Å²) in [6.45, 7) is 5.11. The van der Waals surface area contributed by atoms with E-state index in [0.717, 1.165) is 12.0 Å². The summed E-state index contributed by atoms with van der Waals surface area (Å²) in [6, 6.07) is 1.24. The quantitative estimate of drug-likeness (QED) is 0.383. The molecule has 1 aliphatic rings. The van der Waals surface area contributed by atoms with Gasteiger partial charge in [-0.15, -0.1) is 0 Å². The van der Waals surface area contributed by atoms with Gasteiger partial charge in [-0.25, -0.2) is 0 Å². The average Bonchev–Trinajstić information content (AvgIpc) is 2.60. The standard InChI is InChI=1S/C12H21NO2Si/c1-3-10(4-2)16-9-5-8-13-11(14)6-7-12(13)15/h6-7,10H,3-5,8-9,16H2,1-2H3. The largest absolute Gasteiger partial charge is 0.275 e. The molecule has 0 bridgehead atoms. The molecule has 4 heteroatoms. The molecule has 1 heterocycles. The summed E-state index contributed by atoms with van der Waals surface area (Å²) >= 11 is 0. The second kappa shape index (κ2) is 6.63. The number of rotatable bonds is 7. The lowest BCUT2D eigenvalue weighted by molar-refractivity contribution is -0.136. The van der Waals surface area contributed by atoms with Crippen LogP contribution in [0.3, 0.4) is 0 Å². The van der Waals surface area contributed by atoms with Gasteiger partial charge in [-0.1, -0.05) is 38.3 Å². The molecule has 0 aromatic heterocycles. The van der Waals surface area contributed by atoms with Crippen molar-refractivity contribution in [1.82, 2.24) is 4.90 Å². The lowest BCUT2D eigenvalue weighted by Gasteiger charge is -2.15. The predicted octanol–water partition coefficient (Wildman–Crippen LogP) is 1.50. The maximum atomic E-state index is 11.3. The van der Waals surface area contributed by atoms with E-state index in [1.54, 1.807) is 0 Å². The van der Waals surface area contributed by atoms with Crippen molar-refractivity contribution in [3.63, 3.8) is 0 Å². The molecule has 1 aliphatic heterocycles. The highest BCUT2D eigenvalue weighted by atomic mass is 28.2. The fraction of sp³-hybridized carbons (Fsp3) is 0.667. The number of carbonyl (C=O) groups excluding carboxylic acids is 2. The van der Waals surface area contributed by atoms with Crippen molar-refractivity contribution in [3.05, 3.63) is 12.2 Å². The summed E-state index contributed by atoms with van der Waals surface area (Å²) in [7, 11) is -0.0161. The summed E-state index contributed by atoms with van der Waals surface area (Å²) in [5, 5.41) is 0. The van der Waals surface area contributed by atoms with Gasteiger partial charge in [-0.2, -0.15) is 0 Å². The molecule has 1 rings (SSSR count). The molecule has 0 saturated heterocycles. The Balaban J connectivity index is 2.16. The molecular weight excluding hydrogens is 218 g/mol. The minimum absolute atomic E-state index is 0.0161. The molecule has 0 unspecified atom stereocenters. The van der Waals surface area contributed by atoms with Gasteiger partial charge in [-0.05, 0) is 6.42 Å². The number of nitrogens with zero attached hydrogens (tertiary/aromatic N) is 1. The Hall–Kier alpha value is -0.903. The molecule has 0 aliphatic carbocycles. The number of hydrogen-bond donors (Lipinski definition) is 0. The molecule has 3 nitrogen and oxygen atoms in total. The zero-order valence-electron chi connectivity index (χ0n) is 10.2. The molecule has 2 amide bonds. The van der Waals surface area contributed by atoms with Crippen LogP contribution in [0.15, 0.2) is 12.2 Å². The van der Waals surface area contributed by atoms with Crippen LogP contribution in [-0.2, 0) is 9.59 Å². The Morgan fingerprint density at radius 1 is 1.19 bits per heavy atom. The van der Waals surface area contributed by atoms with Crippen molar-refractivity contribution in [2.24, 2.45) is 0 Å². The zero-order chi connectivity index (χ0) is 12.0. The van der Waals surface area contributed by atoms with Gasteiger partial charge in [0, 0.05) is 28.2 Å². The van der Waals surface area contributed by atoms with E-state index < -0.39 is 0 Å². The molecule has 90 valence electrons. The molecule has 16 heavy (non-hydrogen) atoms. The first-order chi connectivity index (χ1) is 7.69. The monoisotopic (exact) mass is 239 g/mol. The third-order valence-electron chi connectivity index (χ3n) is 3.30. The van der Waals surface area contributed by atoms with Crippen molar-refractivity contribution in [1.29, 1.82) is 0 Å². The Morgan fingerprint density at radius 3 is 2.25 bits per heavy atom. The van der Waals surface area contributed by atoms with E-state index in [0.29, 0.717) is 6.54 Å². The van der Waals surface area contributed by atoms with E-state index >= 15 is 0 Å². The SMILES string of the molecule is CCC(CC)[SiH2]CCCN1C(=O)C=CC1=O. The maximum absolute atomic E-state index is 11.3. The van der Waals surface area contributed by atoms with Gasteiger partial charge >= 0.3 is 0 Å². The Kier molecular flexibility index (Phi) is 5.45. The van der Waals surface area contributed by atoms with Crippen LogP contribution in [0, 0.1) is 0 Å². The summed E-state index contributed by atoms with van der Waals surface area (Å²) in [5.74, 6) is -0.289. The highest BCUT2D eigenvalue weighted by Gasteiger charge is 2.22. The van der Waals surface area contributed by atoms with Crippen LogP contribution in [0.25, 0.3) is 0 Å². The Bertz CT molecular complexity index is 267. The lowest BCUT2D eigenvalue weighted by atomic mass is 10.3. The van der Waals surface area contributed by atoms with Crippen LogP contribution in [0.5, 0.6) is 0 Å². The molecule has 0 aromatic rings. The molecule has 0 radical (unpaired) electrons. The van der Waals surface area contributed by atoms with Crippen molar-refractivity contribution >= 4 is 21.3 Å². The molecule has 0 N–H and O–H groups in total. The highest BCUT2D eigenvalue weighted by molar-refractivity contribution is 6.37. The molecule has 0 saturated carbocycles. The Labute approximate surface area is 99.7 Å². The van der Waals surface area contributed by atoms with Crippen LogP contribution >= 0.6 is 0 Å². The topological polar surface area (TPSA) is 37.4 Å². The van der Waals surface area contributed by atoms with E-state index in [1.807, 2.05) is 0 Å². The van der Waals surface area contributed by atoms with Gasteiger partial charge in [0.05, 0.1) is 0 Å². The van der Waals surface area contributed by atoms with Gasteiger partial charge in [0.15, 0.2) is 0 Å². The second-order valence-electron chi connectivity index (χ2n) is 4.34. The van der Waals surface area contributed by atoms with E-state index in [1.165, 1.54) is 35.9 Å².